The molecule has 0 aliphatic carbocycles. The number of esters is 2. The molecule has 8 nitrogen and oxygen atoms in total. The molecule has 1 aromatic rings. The normalized spacial score (nSPS) is 30.7. The van der Waals surface area contributed by atoms with Crippen LogP contribution in [-0.2, 0) is 24.4 Å². The molecule has 0 radical (unpaired) electrons. The Morgan fingerprint density at radius 2 is 2.03 bits per heavy atom. The fraction of sp³-hybridized carbons (Fsp3) is 0.467. The maximum Gasteiger partial charge on any atom is 0.428 e. The van der Waals surface area contributed by atoms with Crippen LogP contribution in [0.15, 0.2) is 12.1 Å². The van der Waals surface area contributed by atoms with E-state index in [9.17, 15) is 31.3 Å². The molecule has 0 saturated carbocycles. The summed E-state index contributed by atoms with van der Waals surface area (Å²) in [7, 11) is -6.19. The summed E-state index contributed by atoms with van der Waals surface area (Å²) < 4.78 is 76.4. The molecule has 4 atom stereocenters. The number of carbonyl (C=O) groups excluding carboxylic acids is 2. The summed E-state index contributed by atoms with van der Waals surface area (Å²) >= 11 is 5.38. The number of hydrogen-bond donors (Lipinski definition) is 0. The highest BCUT2D eigenvalue weighted by Gasteiger charge is 2.64. The molecule has 3 heterocycles. The number of hydrogen-bond acceptors (Lipinski definition) is 9. The first-order valence-electron chi connectivity index (χ1n) is 7.96. The zero-order chi connectivity index (χ0) is 21.4. The Morgan fingerprint density at radius 3 is 2.62 bits per heavy atom. The first-order chi connectivity index (χ1) is 13.4. The lowest BCUT2D eigenvalue weighted by atomic mass is 9.90. The number of carbonyl (C=O) groups is 2. The monoisotopic (exact) mass is 673 g/mol. The van der Waals surface area contributed by atoms with Gasteiger partial charge in [-0.25, -0.2) is 18.0 Å². The molecular weight excluding hydrogens is 664 g/mol. The molecule has 4 unspecified atom stereocenters. The van der Waals surface area contributed by atoms with Gasteiger partial charge in [-0.2, -0.15) is 8.78 Å². The van der Waals surface area contributed by atoms with Gasteiger partial charge in [-0.15, -0.1) is 11.8 Å². The van der Waals surface area contributed by atoms with Crippen LogP contribution in [0.2, 0.25) is 0 Å². The molecule has 29 heavy (non-hydrogen) atoms. The summed E-state index contributed by atoms with van der Waals surface area (Å²) in [6, 6.07) is 3.34. The highest BCUT2D eigenvalue weighted by molar-refractivity contribution is 14.1. The van der Waals surface area contributed by atoms with E-state index in [-0.39, 0.29) is 18.4 Å². The van der Waals surface area contributed by atoms with Gasteiger partial charge in [0.15, 0.2) is 15.9 Å². The Morgan fingerprint density at radius 1 is 1.34 bits per heavy atom. The fourth-order valence-corrected chi connectivity index (χ4v) is 6.49. The molecule has 0 N–H and O–H groups in total. The van der Waals surface area contributed by atoms with E-state index in [1.165, 1.54) is 11.8 Å². The van der Waals surface area contributed by atoms with E-state index >= 15 is 0 Å². The van der Waals surface area contributed by atoms with Crippen LogP contribution in [0.5, 0.6) is 5.75 Å². The molecule has 158 valence electrons. The molecule has 2 bridgehead atoms. The van der Waals surface area contributed by atoms with Crippen molar-refractivity contribution in [1.29, 1.82) is 0 Å². The lowest BCUT2D eigenvalue weighted by Crippen LogP contribution is -2.54. The number of ether oxygens (including phenoxy) is 3. The summed E-state index contributed by atoms with van der Waals surface area (Å²) in [6.45, 7) is 0. The van der Waals surface area contributed by atoms with Crippen molar-refractivity contribution >= 4 is 79.0 Å². The molecule has 0 aromatic heterocycles. The molecule has 3 aliphatic heterocycles. The van der Waals surface area contributed by atoms with Crippen LogP contribution in [0.3, 0.4) is 0 Å². The van der Waals surface area contributed by atoms with Crippen molar-refractivity contribution in [3.8, 4) is 5.75 Å². The van der Waals surface area contributed by atoms with E-state index in [1.807, 2.05) is 22.6 Å². The summed E-state index contributed by atoms with van der Waals surface area (Å²) in [5, 5.41) is -6.26. The van der Waals surface area contributed by atoms with Gasteiger partial charge in [0.1, 0.15) is 11.7 Å². The van der Waals surface area contributed by atoms with Gasteiger partial charge < -0.3 is 18.8 Å². The summed E-state index contributed by atoms with van der Waals surface area (Å²) in [5.41, 5.74) is 0.275. The van der Waals surface area contributed by atoms with Crippen molar-refractivity contribution in [3.63, 3.8) is 0 Å². The molecule has 4 rings (SSSR count). The van der Waals surface area contributed by atoms with E-state index in [2.05, 4.69) is 27.3 Å². The summed E-state index contributed by atoms with van der Waals surface area (Å²) in [5.74, 6) is -3.94. The molecule has 1 spiro atoms. The SMILES string of the molecule is O=C1OC2(CC3SC2CC3OC(=O)C(F)(F)S(=O)(=O)[O-])Oc2c1ccc(I)c2I. The van der Waals surface area contributed by atoms with Gasteiger partial charge in [-0.3, -0.25) is 0 Å². The average Bonchev–Trinajstić information content (AvgIpc) is 3.15. The standard InChI is InChI=1S/C15H10F2I2O8S2/c16-15(17,29(22,23)24)13(21)25-7-3-9-14(4-8(7)28-9)26-11-5(12(20)27-14)1-2-6(18)10(11)19/h1-2,7-9H,3-4H2,(H,22,23,24)/p-1. The second kappa shape index (κ2) is 7.03. The molecule has 1 aromatic carbocycles. The van der Waals surface area contributed by atoms with E-state index in [0.717, 1.165) is 7.14 Å². The first-order valence-corrected chi connectivity index (χ1v) is 12.5. The number of fused-ring (bicyclic) bond motifs is 4. The number of alkyl halides is 2. The van der Waals surface area contributed by atoms with Crippen molar-refractivity contribution in [2.45, 2.75) is 40.5 Å². The third-order valence-corrected chi connectivity index (χ3v) is 10.3. The highest BCUT2D eigenvalue weighted by atomic mass is 127. The molecule has 14 heteroatoms. The van der Waals surface area contributed by atoms with Crippen molar-refractivity contribution in [2.24, 2.45) is 0 Å². The van der Waals surface area contributed by atoms with Crippen LogP contribution in [0.25, 0.3) is 0 Å². The third-order valence-electron chi connectivity index (χ3n) is 4.80. The van der Waals surface area contributed by atoms with Crippen molar-refractivity contribution in [3.05, 3.63) is 24.8 Å². The molecule has 2 saturated heterocycles. The predicted octanol–water partition coefficient (Wildman–Crippen LogP) is 2.47. The second-order valence-electron chi connectivity index (χ2n) is 6.56. The van der Waals surface area contributed by atoms with E-state index in [4.69, 9.17) is 9.47 Å². The van der Waals surface area contributed by atoms with Gasteiger partial charge in [0.25, 0.3) is 5.79 Å². The Hall–Kier alpha value is -0.460. The van der Waals surface area contributed by atoms with E-state index < -0.39 is 49.7 Å². The minimum Gasteiger partial charge on any atom is -0.743 e. The van der Waals surface area contributed by atoms with Crippen LogP contribution < -0.4 is 4.74 Å². The van der Waals surface area contributed by atoms with Gasteiger partial charge in [0.05, 0.1) is 8.82 Å². The first kappa shape index (κ1) is 21.8. The minimum atomic E-state index is -6.19. The van der Waals surface area contributed by atoms with Crippen molar-refractivity contribution in [2.75, 3.05) is 0 Å². The highest BCUT2D eigenvalue weighted by Crippen LogP contribution is 2.57. The van der Waals surface area contributed by atoms with Crippen LogP contribution in [0.4, 0.5) is 8.78 Å². The van der Waals surface area contributed by atoms with Crippen molar-refractivity contribution in [1.82, 2.24) is 0 Å². The maximum absolute atomic E-state index is 13.4. The summed E-state index contributed by atoms with van der Waals surface area (Å²) in [6.07, 6.45) is -1.00. The zero-order valence-electron chi connectivity index (χ0n) is 13.9. The number of benzene rings is 1. The quantitative estimate of drug-likeness (QED) is 0.271. The maximum atomic E-state index is 13.4. The zero-order valence-corrected chi connectivity index (χ0v) is 19.8. The molecular formula is C15H9F2I2O8S2-. The second-order valence-corrected chi connectivity index (χ2v) is 11.7. The minimum absolute atomic E-state index is 0.000817. The van der Waals surface area contributed by atoms with Crippen LogP contribution in [0.1, 0.15) is 23.2 Å². The molecule has 3 aliphatic rings. The Labute approximate surface area is 194 Å². The van der Waals surface area contributed by atoms with Gasteiger partial charge in [-0.05, 0) is 57.3 Å². The van der Waals surface area contributed by atoms with Crippen LogP contribution in [0, 0.1) is 7.14 Å². The lowest BCUT2D eigenvalue weighted by molar-refractivity contribution is -0.185. The average molecular weight is 673 g/mol. The Bertz CT molecular complexity index is 1030. The van der Waals surface area contributed by atoms with E-state index in [0.29, 0.717) is 5.75 Å². The van der Waals surface area contributed by atoms with Crippen LogP contribution in [-0.4, -0.2) is 52.6 Å². The number of rotatable bonds is 3. The van der Waals surface area contributed by atoms with Crippen LogP contribution >= 0.6 is 56.9 Å². The summed E-state index contributed by atoms with van der Waals surface area (Å²) in [4.78, 5) is 24.0. The Balaban J connectivity index is 1.53. The van der Waals surface area contributed by atoms with Gasteiger partial charge >= 0.3 is 17.2 Å². The topological polar surface area (TPSA) is 119 Å². The third kappa shape index (κ3) is 3.41. The molecule has 2 fully saturated rings. The molecule has 0 amide bonds. The van der Waals surface area contributed by atoms with E-state index in [1.54, 1.807) is 12.1 Å². The largest absolute Gasteiger partial charge is 0.743 e. The van der Waals surface area contributed by atoms with Gasteiger partial charge in [-0.1, -0.05) is 0 Å². The van der Waals surface area contributed by atoms with Gasteiger partial charge in [0.2, 0.25) is 0 Å². The number of thioether (sulfide) groups is 1. The number of halogens is 4. The predicted molar refractivity (Wildman–Crippen MR) is 110 cm³/mol. The van der Waals surface area contributed by atoms with Gasteiger partial charge in [0, 0.05) is 21.7 Å². The van der Waals surface area contributed by atoms with Crippen molar-refractivity contribution < 1.29 is 45.6 Å². The lowest BCUT2D eigenvalue weighted by Gasteiger charge is -2.41. The smallest absolute Gasteiger partial charge is 0.428 e. The Kier molecular flexibility index (Phi) is 5.27. The fourth-order valence-electron chi connectivity index (χ4n) is 3.44.